The molecule has 2 heterocycles. The summed E-state index contributed by atoms with van der Waals surface area (Å²) in [6.07, 6.45) is 3.73. The van der Waals surface area contributed by atoms with Crippen LogP contribution in [-0.4, -0.2) is 33.7 Å². The number of aromatic nitrogens is 2. The van der Waals surface area contributed by atoms with Crippen molar-refractivity contribution in [1.82, 2.24) is 14.7 Å². The van der Waals surface area contributed by atoms with Crippen LogP contribution in [0.15, 0.2) is 16.9 Å². The lowest BCUT2D eigenvalue weighted by Crippen LogP contribution is -2.50. The minimum atomic E-state index is 0.169. The van der Waals surface area contributed by atoms with Crippen molar-refractivity contribution in [1.29, 1.82) is 0 Å². The SMILES string of the molecule is CC(=O)N1CC(Cn2cc(Br)cn2)C1. The van der Waals surface area contributed by atoms with E-state index in [2.05, 4.69) is 21.0 Å². The van der Waals surface area contributed by atoms with E-state index in [1.54, 1.807) is 13.1 Å². The molecule has 1 aromatic rings. The summed E-state index contributed by atoms with van der Waals surface area (Å²) in [7, 11) is 0. The summed E-state index contributed by atoms with van der Waals surface area (Å²) in [6, 6.07) is 0. The van der Waals surface area contributed by atoms with Gasteiger partial charge >= 0.3 is 0 Å². The number of likely N-dealkylation sites (tertiary alicyclic amines) is 1. The Kier molecular flexibility index (Phi) is 2.58. The van der Waals surface area contributed by atoms with Gasteiger partial charge in [0, 0.05) is 38.7 Å². The van der Waals surface area contributed by atoms with Gasteiger partial charge in [0.1, 0.15) is 0 Å². The van der Waals surface area contributed by atoms with Crippen molar-refractivity contribution >= 4 is 21.8 Å². The molecule has 0 aliphatic carbocycles. The number of hydrogen-bond acceptors (Lipinski definition) is 2. The highest BCUT2D eigenvalue weighted by Crippen LogP contribution is 2.18. The van der Waals surface area contributed by atoms with Gasteiger partial charge in [-0.2, -0.15) is 5.10 Å². The largest absolute Gasteiger partial charge is 0.342 e. The van der Waals surface area contributed by atoms with E-state index < -0.39 is 0 Å². The van der Waals surface area contributed by atoms with Crippen LogP contribution in [0, 0.1) is 5.92 Å². The minimum absolute atomic E-state index is 0.169. The van der Waals surface area contributed by atoms with E-state index in [-0.39, 0.29) is 5.91 Å². The molecule has 1 amide bonds. The third-order valence-electron chi connectivity index (χ3n) is 2.45. The average molecular weight is 258 g/mol. The maximum Gasteiger partial charge on any atom is 0.219 e. The third-order valence-corrected chi connectivity index (χ3v) is 2.86. The Morgan fingerprint density at radius 2 is 2.43 bits per heavy atom. The first kappa shape index (κ1) is 9.71. The molecule has 4 nitrogen and oxygen atoms in total. The zero-order chi connectivity index (χ0) is 10.1. The predicted octanol–water partition coefficient (Wildman–Crippen LogP) is 1.12. The molecular weight excluding hydrogens is 246 g/mol. The zero-order valence-corrected chi connectivity index (χ0v) is 9.57. The molecule has 0 unspecified atom stereocenters. The van der Waals surface area contributed by atoms with Crippen LogP contribution in [0.1, 0.15) is 6.92 Å². The normalized spacial score (nSPS) is 16.9. The molecule has 0 atom stereocenters. The van der Waals surface area contributed by atoms with E-state index in [9.17, 15) is 4.79 Å². The second kappa shape index (κ2) is 3.73. The molecule has 0 radical (unpaired) electrons. The third kappa shape index (κ3) is 1.97. The molecule has 0 aromatic carbocycles. The van der Waals surface area contributed by atoms with Crippen molar-refractivity contribution in [2.24, 2.45) is 5.92 Å². The summed E-state index contributed by atoms with van der Waals surface area (Å²) < 4.78 is 2.91. The average Bonchev–Trinajstić information content (AvgIpc) is 2.42. The van der Waals surface area contributed by atoms with Crippen molar-refractivity contribution in [3.8, 4) is 0 Å². The minimum Gasteiger partial charge on any atom is -0.342 e. The molecular formula is C9H12BrN3O. The Balaban J connectivity index is 1.82. The van der Waals surface area contributed by atoms with Gasteiger partial charge in [-0.3, -0.25) is 9.48 Å². The van der Waals surface area contributed by atoms with Crippen molar-refractivity contribution in [3.63, 3.8) is 0 Å². The fourth-order valence-corrected chi connectivity index (χ4v) is 1.97. The van der Waals surface area contributed by atoms with Gasteiger partial charge in [0.05, 0.1) is 10.7 Å². The first-order chi connectivity index (χ1) is 6.65. The van der Waals surface area contributed by atoms with Crippen molar-refractivity contribution in [2.75, 3.05) is 13.1 Å². The molecule has 1 aliphatic rings. The van der Waals surface area contributed by atoms with Crippen LogP contribution in [0.5, 0.6) is 0 Å². The smallest absolute Gasteiger partial charge is 0.219 e. The Labute approximate surface area is 91.0 Å². The first-order valence-corrected chi connectivity index (χ1v) is 5.38. The molecule has 0 spiro atoms. The second-order valence-electron chi connectivity index (χ2n) is 3.67. The van der Waals surface area contributed by atoms with Crippen LogP contribution in [0.3, 0.4) is 0 Å². The molecule has 0 bridgehead atoms. The molecule has 1 aliphatic heterocycles. The maximum atomic E-state index is 10.9. The Morgan fingerprint density at radius 3 is 2.93 bits per heavy atom. The zero-order valence-electron chi connectivity index (χ0n) is 7.98. The van der Waals surface area contributed by atoms with E-state index in [1.165, 1.54) is 0 Å². The van der Waals surface area contributed by atoms with E-state index in [4.69, 9.17) is 0 Å². The summed E-state index contributed by atoms with van der Waals surface area (Å²) >= 11 is 3.35. The molecule has 76 valence electrons. The highest BCUT2D eigenvalue weighted by Gasteiger charge is 2.28. The lowest BCUT2D eigenvalue weighted by atomic mass is 10.0. The molecule has 0 saturated carbocycles. The number of amides is 1. The van der Waals surface area contributed by atoms with Gasteiger partial charge in [0.25, 0.3) is 0 Å². The quantitative estimate of drug-likeness (QED) is 0.797. The summed E-state index contributed by atoms with van der Waals surface area (Å²) in [5.74, 6) is 0.730. The number of halogens is 1. The lowest BCUT2D eigenvalue weighted by molar-refractivity contribution is -0.135. The van der Waals surface area contributed by atoms with Crippen LogP contribution in [-0.2, 0) is 11.3 Å². The Hall–Kier alpha value is -0.840. The topological polar surface area (TPSA) is 38.1 Å². The van der Waals surface area contributed by atoms with Crippen LogP contribution in [0.2, 0.25) is 0 Å². The van der Waals surface area contributed by atoms with Crippen LogP contribution in [0.4, 0.5) is 0 Å². The molecule has 0 N–H and O–H groups in total. The van der Waals surface area contributed by atoms with Crippen LogP contribution in [0.25, 0.3) is 0 Å². The van der Waals surface area contributed by atoms with Gasteiger partial charge in [-0.05, 0) is 15.9 Å². The number of rotatable bonds is 2. The van der Waals surface area contributed by atoms with Crippen molar-refractivity contribution < 1.29 is 4.79 Å². The number of nitrogens with zero attached hydrogens (tertiary/aromatic N) is 3. The van der Waals surface area contributed by atoms with Gasteiger partial charge in [-0.25, -0.2) is 0 Å². The lowest BCUT2D eigenvalue weighted by Gasteiger charge is -2.38. The number of carbonyl (C=O) groups excluding carboxylic acids is 1. The van der Waals surface area contributed by atoms with E-state index >= 15 is 0 Å². The van der Waals surface area contributed by atoms with Crippen molar-refractivity contribution in [3.05, 3.63) is 16.9 Å². The molecule has 2 rings (SSSR count). The Bertz CT molecular complexity index is 344. The number of carbonyl (C=O) groups is 1. The highest BCUT2D eigenvalue weighted by molar-refractivity contribution is 9.10. The van der Waals surface area contributed by atoms with Crippen molar-refractivity contribution in [2.45, 2.75) is 13.5 Å². The van der Waals surface area contributed by atoms with Gasteiger partial charge in [-0.1, -0.05) is 0 Å². The predicted molar refractivity (Wildman–Crippen MR) is 55.7 cm³/mol. The fourth-order valence-electron chi connectivity index (χ4n) is 1.65. The summed E-state index contributed by atoms with van der Waals surface area (Å²) in [5, 5.41) is 4.17. The fraction of sp³-hybridized carbons (Fsp3) is 0.556. The maximum absolute atomic E-state index is 10.9. The monoisotopic (exact) mass is 257 g/mol. The van der Waals surface area contributed by atoms with E-state index in [0.29, 0.717) is 5.92 Å². The van der Waals surface area contributed by atoms with Gasteiger partial charge in [-0.15, -0.1) is 0 Å². The van der Waals surface area contributed by atoms with Gasteiger partial charge in [0.2, 0.25) is 5.91 Å². The summed E-state index contributed by atoms with van der Waals surface area (Å²) in [6.45, 7) is 4.25. The van der Waals surface area contributed by atoms with Gasteiger partial charge in [0.15, 0.2) is 0 Å². The van der Waals surface area contributed by atoms with Crippen LogP contribution < -0.4 is 0 Å². The summed E-state index contributed by atoms with van der Waals surface area (Å²) in [4.78, 5) is 12.8. The summed E-state index contributed by atoms with van der Waals surface area (Å²) in [5.41, 5.74) is 0. The molecule has 1 saturated heterocycles. The highest BCUT2D eigenvalue weighted by atomic mass is 79.9. The number of hydrogen-bond donors (Lipinski definition) is 0. The van der Waals surface area contributed by atoms with Gasteiger partial charge < -0.3 is 4.90 Å². The van der Waals surface area contributed by atoms with Crippen LogP contribution >= 0.6 is 15.9 Å². The molecule has 1 aromatic heterocycles. The standard InChI is InChI=1S/C9H12BrN3O/c1-7(14)12-3-8(4-12)5-13-6-9(10)2-11-13/h2,6,8H,3-5H2,1H3. The molecule has 14 heavy (non-hydrogen) atoms. The van der Waals surface area contributed by atoms with E-state index in [1.807, 2.05) is 15.8 Å². The van der Waals surface area contributed by atoms with E-state index in [0.717, 1.165) is 24.1 Å². The molecule has 5 heteroatoms. The first-order valence-electron chi connectivity index (χ1n) is 4.58. The molecule has 1 fully saturated rings. The second-order valence-corrected chi connectivity index (χ2v) is 4.59. The Morgan fingerprint density at radius 1 is 1.71 bits per heavy atom.